The van der Waals surface area contributed by atoms with Gasteiger partial charge in [0, 0.05) is 0 Å². The average Bonchev–Trinajstić information content (AvgIpc) is 2.16. The number of allylic oxidation sites excluding steroid dienone is 2. The summed E-state index contributed by atoms with van der Waals surface area (Å²) < 4.78 is 0. The van der Waals surface area contributed by atoms with E-state index in [0.29, 0.717) is 5.56 Å². The van der Waals surface area contributed by atoms with Gasteiger partial charge in [0.2, 0.25) is 0 Å². The molecule has 1 N–H and O–H groups in total. The standard InChI is InChI=1S/C13H16O2/c1-8(2)10(4)12-7-11(13(14)15)6-5-9(12)3/h5-7H,1-4H3,(H,14,15). The molecular weight excluding hydrogens is 188 g/mol. The Labute approximate surface area is 90.3 Å². The van der Waals surface area contributed by atoms with Crippen LogP contribution in [-0.4, -0.2) is 11.1 Å². The molecule has 0 aliphatic heterocycles. The monoisotopic (exact) mass is 204 g/mol. The van der Waals surface area contributed by atoms with Crippen molar-refractivity contribution in [3.05, 3.63) is 40.5 Å². The molecule has 15 heavy (non-hydrogen) atoms. The molecule has 0 bridgehead atoms. The number of carboxylic acid groups (broad SMARTS) is 1. The van der Waals surface area contributed by atoms with Crippen molar-refractivity contribution in [1.82, 2.24) is 0 Å². The van der Waals surface area contributed by atoms with Gasteiger partial charge in [0.05, 0.1) is 5.56 Å². The second-order valence-corrected chi connectivity index (χ2v) is 3.96. The van der Waals surface area contributed by atoms with Gasteiger partial charge in [-0.25, -0.2) is 4.79 Å². The highest BCUT2D eigenvalue weighted by molar-refractivity contribution is 5.89. The van der Waals surface area contributed by atoms with Crippen LogP contribution in [0.4, 0.5) is 0 Å². The number of hydrogen-bond acceptors (Lipinski definition) is 1. The molecule has 1 rings (SSSR count). The van der Waals surface area contributed by atoms with Crippen LogP contribution >= 0.6 is 0 Å². The van der Waals surface area contributed by atoms with Crippen LogP contribution in [0.5, 0.6) is 0 Å². The quantitative estimate of drug-likeness (QED) is 0.800. The molecule has 0 saturated carbocycles. The van der Waals surface area contributed by atoms with E-state index in [-0.39, 0.29) is 0 Å². The highest BCUT2D eigenvalue weighted by Crippen LogP contribution is 2.22. The van der Waals surface area contributed by atoms with E-state index in [1.807, 2.05) is 33.8 Å². The minimum absolute atomic E-state index is 0.344. The van der Waals surface area contributed by atoms with E-state index < -0.39 is 5.97 Å². The maximum absolute atomic E-state index is 10.8. The second kappa shape index (κ2) is 4.30. The van der Waals surface area contributed by atoms with Crippen LogP contribution in [0, 0.1) is 6.92 Å². The molecule has 1 aromatic carbocycles. The highest BCUT2D eigenvalue weighted by Gasteiger charge is 2.07. The van der Waals surface area contributed by atoms with Crippen molar-refractivity contribution in [2.75, 3.05) is 0 Å². The molecular formula is C13H16O2. The van der Waals surface area contributed by atoms with Crippen molar-refractivity contribution in [3.63, 3.8) is 0 Å². The molecule has 2 heteroatoms. The van der Waals surface area contributed by atoms with E-state index in [2.05, 4.69) is 0 Å². The lowest BCUT2D eigenvalue weighted by Gasteiger charge is -2.09. The molecule has 0 spiro atoms. The smallest absolute Gasteiger partial charge is 0.335 e. The summed E-state index contributed by atoms with van der Waals surface area (Å²) in [4.78, 5) is 10.8. The molecule has 1 aromatic rings. The van der Waals surface area contributed by atoms with Gasteiger partial charge >= 0.3 is 5.97 Å². The Kier molecular flexibility index (Phi) is 3.30. The topological polar surface area (TPSA) is 37.3 Å². The van der Waals surface area contributed by atoms with Gasteiger partial charge in [0.25, 0.3) is 0 Å². The van der Waals surface area contributed by atoms with Crippen LogP contribution in [0.3, 0.4) is 0 Å². The fourth-order valence-corrected chi connectivity index (χ4v) is 1.43. The molecule has 0 heterocycles. The number of benzene rings is 1. The van der Waals surface area contributed by atoms with Crippen LogP contribution in [0.15, 0.2) is 23.8 Å². The van der Waals surface area contributed by atoms with E-state index >= 15 is 0 Å². The van der Waals surface area contributed by atoms with Gasteiger partial charge in [-0.15, -0.1) is 0 Å². The van der Waals surface area contributed by atoms with Crippen molar-refractivity contribution in [2.24, 2.45) is 0 Å². The molecule has 80 valence electrons. The number of rotatable bonds is 2. The fraction of sp³-hybridized carbons (Fsp3) is 0.308. The van der Waals surface area contributed by atoms with Crippen molar-refractivity contribution in [3.8, 4) is 0 Å². The summed E-state index contributed by atoms with van der Waals surface area (Å²) in [7, 11) is 0. The Morgan fingerprint density at radius 3 is 2.27 bits per heavy atom. The van der Waals surface area contributed by atoms with Crippen LogP contribution in [-0.2, 0) is 0 Å². The van der Waals surface area contributed by atoms with Crippen LogP contribution < -0.4 is 0 Å². The summed E-state index contributed by atoms with van der Waals surface area (Å²) in [5.74, 6) is -0.877. The first-order valence-electron chi connectivity index (χ1n) is 4.92. The zero-order valence-corrected chi connectivity index (χ0v) is 9.59. The van der Waals surface area contributed by atoms with E-state index in [1.165, 1.54) is 5.57 Å². The molecule has 0 amide bonds. The van der Waals surface area contributed by atoms with E-state index in [9.17, 15) is 4.79 Å². The Bertz CT molecular complexity index is 424. The lowest BCUT2D eigenvalue weighted by Crippen LogP contribution is -1.98. The first-order valence-corrected chi connectivity index (χ1v) is 4.92. The minimum atomic E-state index is -0.877. The van der Waals surface area contributed by atoms with Gasteiger partial charge < -0.3 is 5.11 Å². The average molecular weight is 204 g/mol. The molecule has 0 aromatic heterocycles. The Hall–Kier alpha value is -1.57. The summed E-state index contributed by atoms with van der Waals surface area (Å²) in [5, 5.41) is 8.90. The molecule has 0 saturated heterocycles. The summed E-state index contributed by atoms with van der Waals surface area (Å²) >= 11 is 0. The first-order chi connectivity index (χ1) is 6.93. The van der Waals surface area contributed by atoms with Crippen LogP contribution in [0.1, 0.15) is 42.3 Å². The Balaban J connectivity index is 3.35. The molecule has 0 atom stereocenters. The van der Waals surface area contributed by atoms with Gasteiger partial charge in [-0.1, -0.05) is 11.6 Å². The zero-order valence-electron chi connectivity index (χ0n) is 9.59. The van der Waals surface area contributed by atoms with Gasteiger partial charge in [-0.2, -0.15) is 0 Å². The van der Waals surface area contributed by atoms with E-state index in [0.717, 1.165) is 16.7 Å². The molecule has 0 fully saturated rings. The predicted octanol–water partition coefficient (Wildman–Crippen LogP) is 3.51. The number of carboxylic acids is 1. The molecule has 0 unspecified atom stereocenters. The Morgan fingerprint density at radius 1 is 1.20 bits per heavy atom. The second-order valence-electron chi connectivity index (χ2n) is 3.96. The lowest BCUT2D eigenvalue weighted by atomic mass is 9.96. The first kappa shape index (κ1) is 11.5. The normalized spacial score (nSPS) is 9.87. The molecule has 0 aliphatic rings. The summed E-state index contributed by atoms with van der Waals surface area (Å²) in [6.07, 6.45) is 0. The highest BCUT2D eigenvalue weighted by atomic mass is 16.4. The van der Waals surface area contributed by atoms with E-state index in [4.69, 9.17) is 5.11 Å². The van der Waals surface area contributed by atoms with Crippen molar-refractivity contribution < 1.29 is 9.90 Å². The fourth-order valence-electron chi connectivity index (χ4n) is 1.43. The van der Waals surface area contributed by atoms with Crippen molar-refractivity contribution in [2.45, 2.75) is 27.7 Å². The van der Waals surface area contributed by atoms with Crippen LogP contribution in [0.2, 0.25) is 0 Å². The maximum atomic E-state index is 10.8. The van der Waals surface area contributed by atoms with Crippen LogP contribution in [0.25, 0.3) is 5.57 Å². The van der Waals surface area contributed by atoms with Crippen molar-refractivity contribution in [1.29, 1.82) is 0 Å². The molecule has 0 aliphatic carbocycles. The number of hydrogen-bond donors (Lipinski definition) is 1. The third-order valence-corrected chi connectivity index (χ3v) is 2.64. The lowest BCUT2D eigenvalue weighted by molar-refractivity contribution is 0.0697. The molecule has 0 radical (unpaired) electrons. The predicted molar refractivity (Wildman–Crippen MR) is 62.1 cm³/mol. The van der Waals surface area contributed by atoms with Gasteiger partial charge in [0.15, 0.2) is 0 Å². The summed E-state index contributed by atoms with van der Waals surface area (Å²) in [6.45, 7) is 8.07. The number of aryl methyl sites for hydroxylation is 1. The SMILES string of the molecule is CC(C)=C(C)c1cc(C(=O)O)ccc1C. The largest absolute Gasteiger partial charge is 0.478 e. The minimum Gasteiger partial charge on any atom is -0.478 e. The third-order valence-electron chi connectivity index (χ3n) is 2.64. The third kappa shape index (κ3) is 2.46. The van der Waals surface area contributed by atoms with Crippen molar-refractivity contribution >= 4 is 11.5 Å². The number of carbonyl (C=O) groups is 1. The Morgan fingerprint density at radius 2 is 1.80 bits per heavy atom. The van der Waals surface area contributed by atoms with E-state index in [1.54, 1.807) is 12.1 Å². The summed E-state index contributed by atoms with van der Waals surface area (Å²) in [5.41, 5.74) is 4.83. The maximum Gasteiger partial charge on any atom is 0.335 e. The molecule has 2 nitrogen and oxygen atoms in total. The van der Waals surface area contributed by atoms with Gasteiger partial charge in [-0.05, 0) is 56.5 Å². The summed E-state index contributed by atoms with van der Waals surface area (Å²) in [6, 6.07) is 5.23. The zero-order chi connectivity index (χ0) is 11.6. The number of aromatic carboxylic acids is 1. The van der Waals surface area contributed by atoms with Gasteiger partial charge in [-0.3, -0.25) is 0 Å². The van der Waals surface area contributed by atoms with Gasteiger partial charge in [0.1, 0.15) is 0 Å².